The van der Waals surface area contributed by atoms with E-state index in [0.717, 1.165) is 5.56 Å². The lowest BCUT2D eigenvalue weighted by Crippen LogP contribution is -2.19. The molecule has 0 aliphatic carbocycles. The van der Waals surface area contributed by atoms with Crippen molar-refractivity contribution >= 4 is 29.4 Å². The van der Waals surface area contributed by atoms with Gasteiger partial charge in [-0.25, -0.2) is 5.43 Å². The fraction of sp³-hybridized carbons (Fsp3) is 0.0909. The third-order valence-corrected chi connectivity index (χ3v) is 4.53. The highest BCUT2D eigenvalue weighted by Gasteiger charge is 2.07. The molecule has 1 amide bonds. The number of carbonyl (C=O) groups excluding carboxylic acids is 1. The second-order valence-corrected chi connectivity index (χ2v) is 6.72. The summed E-state index contributed by atoms with van der Waals surface area (Å²) in [6.45, 7) is 0.303. The summed E-state index contributed by atoms with van der Waals surface area (Å²) in [6, 6.07) is 20.5. The van der Waals surface area contributed by atoms with Crippen molar-refractivity contribution in [2.45, 2.75) is 13.0 Å². The summed E-state index contributed by atoms with van der Waals surface area (Å²) < 4.78 is 5.84. The molecule has 8 heteroatoms. The first kappa shape index (κ1) is 21.0. The average Bonchev–Trinajstić information content (AvgIpc) is 2.74. The van der Waals surface area contributed by atoms with Crippen LogP contribution in [0.15, 0.2) is 77.9 Å². The van der Waals surface area contributed by atoms with E-state index in [2.05, 4.69) is 10.5 Å². The Kier molecular flexibility index (Phi) is 7.13. The average molecular weight is 424 g/mol. The third-order valence-electron chi connectivity index (χ3n) is 4.16. The van der Waals surface area contributed by atoms with E-state index in [1.54, 1.807) is 24.3 Å². The van der Waals surface area contributed by atoms with Gasteiger partial charge in [0.05, 0.1) is 17.6 Å². The number of hydrazone groups is 1. The number of nitrogens with one attached hydrogen (secondary N) is 1. The van der Waals surface area contributed by atoms with Gasteiger partial charge in [0.2, 0.25) is 5.91 Å². The molecule has 0 heterocycles. The van der Waals surface area contributed by atoms with Crippen LogP contribution in [-0.2, 0) is 17.8 Å². The van der Waals surface area contributed by atoms with Gasteiger partial charge >= 0.3 is 0 Å². The van der Waals surface area contributed by atoms with Crippen molar-refractivity contribution < 1.29 is 14.5 Å². The van der Waals surface area contributed by atoms with Crippen LogP contribution in [0.3, 0.4) is 0 Å². The molecule has 1 N–H and O–H groups in total. The molecule has 0 saturated heterocycles. The number of rotatable bonds is 8. The minimum Gasteiger partial charge on any atom is -0.488 e. The molecule has 0 bridgehead atoms. The number of hydrogen-bond acceptors (Lipinski definition) is 5. The van der Waals surface area contributed by atoms with Crippen LogP contribution in [0.5, 0.6) is 5.75 Å². The number of ether oxygens (including phenoxy) is 1. The van der Waals surface area contributed by atoms with Gasteiger partial charge in [0.1, 0.15) is 12.4 Å². The summed E-state index contributed by atoms with van der Waals surface area (Å²) in [6.07, 6.45) is 1.55. The molecule has 0 radical (unpaired) electrons. The SMILES string of the molecule is O=C(Cc1ccc([N+](=O)[O-])cc1)N/N=C/c1ccccc1OCc1ccccc1Cl. The van der Waals surface area contributed by atoms with Crippen LogP contribution < -0.4 is 10.2 Å². The number of amides is 1. The van der Waals surface area contributed by atoms with E-state index in [1.165, 1.54) is 18.3 Å². The van der Waals surface area contributed by atoms with Gasteiger partial charge in [-0.3, -0.25) is 14.9 Å². The van der Waals surface area contributed by atoms with Crippen molar-refractivity contribution in [2.24, 2.45) is 5.10 Å². The van der Waals surface area contributed by atoms with Gasteiger partial charge in [-0.15, -0.1) is 0 Å². The van der Waals surface area contributed by atoms with Gasteiger partial charge in [-0.2, -0.15) is 5.10 Å². The first-order valence-corrected chi connectivity index (χ1v) is 9.41. The second kappa shape index (κ2) is 10.2. The van der Waals surface area contributed by atoms with Crippen molar-refractivity contribution in [2.75, 3.05) is 0 Å². The lowest BCUT2D eigenvalue weighted by molar-refractivity contribution is -0.384. The number of benzene rings is 3. The van der Waals surface area contributed by atoms with E-state index in [9.17, 15) is 14.9 Å². The van der Waals surface area contributed by atoms with Gasteiger partial charge in [0.15, 0.2) is 0 Å². The van der Waals surface area contributed by atoms with Crippen LogP contribution in [0.4, 0.5) is 5.69 Å². The number of halogens is 1. The Hall–Kier alpha value is -3.71. The van der Waals surface area contributed by atoms with Crippen molar-refractivity contribution in [3.05, 3.63) is 105 Å². The van der Waals surface area contributed by atoms with Gasteiger partial charge < -0.3 is 4.74 Å². The zero-order chi connectivity index (χ0) is 21.3. The van der Waals surface area contributed by atoms with Gasteiger partial charge in [0, 0.05) is 28.3 Å². The van der Waals surface area contributed by atoms with Crippen molar-refractivity contribution in [3.63, 3.8) is 0 Å². The largest absolute Gasteiger partial charge is 0.488 e. The van der Waals surface area contributed by atoms with Crippen LogP contribution in [0.2, 0.25) is 5.02 Å². The maximum atomic E-state index is 12.0. The topological polar surface area (TPSA) is 93.8 Å². The minimum absolute atomic E-state index is 0.0226. The van der Waals surface area contributed by atoms with E-state index in [0.29, 0.717) is 28.5 Å². The van der Waals surface area contributed by atoms with Crippen molar-refractivity contribution in [1.82, 2.24) is 5.43 Å². The first-order chi connectivity index (χ1) is 14.5. The Morgan fingerprint density at radius 3 is 2.50 bits per heavy atom. The molecule has 30 heavy (non-hydrogen) atoms. The van der Waals surface area contributed by atoms with Crippen molar-refractivity contribution in [1.29, 1.82) is 0 Å². The molecule has 0 aliphatic rings. The molecule has 3 rings (SSSR count). The van der Waals surface area contributed by atoms with Gasteiger partial charge in [-0.1, -0.05) is 54.1 Å². The maximum Gasteiger partial charge on any atom is 0.269 e. The molecular formula is C22H18ClN3O4. The number of carbonyl (C=O) groups is 1. The van der Waals surface area contributed by atoms with Crippen LogP contribution in [-0.4, -0.2) is 17.0 Å². The van der Waals surface area contributed by atoms with Crippen LogP contribution >= 0.6 is 11.6 Å². The van der Waals surface area contributed by atoms with E-state index in [4.69, 9.17) is 16.3 Å². The Morgan fingerprint density at radius 2 is 1.77 bits per heavy atom. The van der Waals surface area contributed by atoms with E-state index in [1.807, 2.05) is 36.4 Å². The Bertz CT molecular complexity index is 1070. The first-order valence-electron chi connectivity index (χ1n) is 9.03. The Morgan fingerprint density at radius 1 is 1.07 bits per heavy atom. The lowest BCUT2D eigenvalue weighted by atomic mass is 10.1. The standard InChI is InChI=1S/C22H18ClN3O4/c23-20-7-3-1-6-18(20)15-30-21-8-4-2-5-17(21)14-24-25-22(27)13-16-9-11-19(12-10-16)26(28)29/h1-12,14H,13,15H2,(H,25,27)/b24-14+. The molecule has 0 saturated carbocycles. The lowest BCUT2D eigenvalue weighted by Gasteiger charge is -2.10. The monoisotopic (exact) mass is 423 g/mol. The zero-order valence-corrected chi connectivity index (χ0v) is 16.6. The van der Waals surface area contributed by atoms with Gasteiger partial charge in [-0.05, 0) is 23.8 Å². The van der Waals surface area contributed by atoms with Crippen molar-refractivity contribution in [3.8, 4) is 5.75 Å². The predicted octanol–water partition coefficient (Wildman–Crippen LogP) is 4.52. The summed E-state index contributed by atoms with van der Waals surface area (Å²) in [5.74, 6) is 0.264. The highest BCUT2D eigenvalue weighted by Crippen LogP contribution is 2.21. The van der Waals surface area contributed by atoms with E-state index in [-0.39, 0.29) is 18.0 Å². The molecule has 0 aliphatic heterocycles. The van der Waals surface area contributed by atoms with E-state index >= 15 is 0 Å². The highest BCUT2D eigenvalue weighted by atomic mass is 35.5. The number of nitro benzene ring substituents is 1. The molecule has 3 aromatic rings. The molecule has 0 atom stereocenters. The summed E-state index contributed by atoms with van der Waals surface area (Å²) in [4.78, 5) is 22.2. The van der Waals surface area contributed by atoms with Gasteiger partial charge in [0.25, 0.3) is 5.69 Å². The Labute approximate surface area is 178 Å². The van der Waals surface area contributed by atoms with E-state index < -0.39 is 4.92 Å². The summed E-state index contributed by atoms with van der Waals surface area (Å²) in [7, 11) is 0. The molecule has 0 aromatic heterocycles. The van der Waals surface area contributed by atoms with Crippen LogP contribution in [0.25, 0.3) is 0 Å². The summed E-state index contributed by atoms with van der Waals surface area (Å²) in [5.41, 5.74) is 4.63. The molecule has 152 valence electrons. The fourth-order valence-corrected chi connectivity index (χ4v) is 2.81. The molecule has 0 spiro atoms. The summed E-state index contributed by atoms with van der Waals surface area (Å²) in [5, 5.41) is 15.3. The number of non-ortho nitro benzene ring substituents is 1. The second-order valence-electron chi connectivity index (χ2n) is 6.31. The summed E-state index contributed by atoms with van der Waals surface area (Å²) >= 11 is 6.15. The molecular weight excluding hydrogens is 406 g/mol. The highest BCUT2D eigenvalue weighted by molar-refractivity contribution is 6.31. The number of nitro groups is 1. The number of para-hydroxylation sites is 1. The zero-order valence-electron chi connectivity index (χ0n) is 15.8. The fourth-order valence-electron chi connectivity index (χ4n) is 2.62. The molecule has 7 nitrogen and oxygen atoms in total. The smallest absolute Gasteiger partial charge is 0.269 e. The third kappa shape index (κ3) is 5.89. The number of hydrogen-bond donors (Lipinski definition) is 1. The quantitative estimate of drug-likeness (QED) is 0.327. The van der Waals surface area contributed by atoms with Crippen LogP contribution in [0.1, 0.15) is 16.7 Å². The number of nitrogens with zero attached hydrogens (tertiary/aromatic N) is 2. The molecule has 0 unspecified atom stereocenters. The predicted molar refractivity (Wildman–Crippen MR) is 115 cm³/mol. The van der Waals surface area contributed by atoms with Crippen LogP contribution in [0, 0.1) is 10.1 Å². The Balaban J connectivity index is 1.57. The maximum absolute atomic E-state index is 12.0. The molecule has 0 fully saturated rings. The normalized spacial score (nSPS) is 10.7. The molecule has 3 aromatic carbocycles. The minimum atomic E-state index is -0.487.